The van der Waals surface area contributed by atoms with Gasteiger partial charge in [0.2, 0.25) is 5.91 Å². The number of nitrogens with one attached hydrogen (secondary N) is 2. The normalized spacial score (nSPS) is 13.5. The molecule has 0 bridgehead atoms. The van der Waals surface area contributed by atoms with Crippen molar-refractivity contribution in [1.82, 2.24) is 10.6 Å². The predicted molar refractivity (Wildman–Crippen MR) is 131 cm³/mol. The average Bonchev–Trinajstić information content (AvgIpc) is 3.10. The van der Waals surface area contributed by atoms with E-state index in [-0.39, 0.29) is 30.3 Å². The highest BCUT2D eigenvalue weighted by Crippen LogP contribution is 2.44. The van der Waals surface area contributed by atoms with Crippen LogP contribution in [0.15, 0.2) is 48.5 Å². The molecule has 0 saturated heterocycles. The largest absolute Gasteiger partial charge is 0.480 e. The van der Waals surface area contributed by atoms with Crippen LogP contribution in [0.1, 0.15) is 63.5 Å². The van der Waals surface area contributed by atoms with Gasteiger partial charge in [-0.15, -0.1) is 0 Å². The zero-order valence-corrected chi connectivity index (χ0v) is 20.1. The monoisotopic (exact) mass is 466 g/mol. The molecular weight excluding hydrogens is 432 g/mol. The first-order valence-corrected chi connectivity index (χ1v) is 11.8. The number of ether oxygens (including phenoxy) is 1. The van der Waals surface area contributed by atoms with Crippen LogP contribution >= 0.6 is 0 Å². The van der Waals surface area contributed by atoms with Gasteiger partial charge in [0, 0.05) is 18.9 Å². The van der Waals surface area contributed by atoms with Gasteiger partial charge in [0.05, 0.1) is 0 Å². The van der Waals surface area contributed by atoms with Crippen molar-refractivity contribution in [3.63, 3.8) is 0 Å². The standard InChI is InChI=1S/C27H34N2O5/c1-27(2,3)16-23(25(31)32)29-24(30)14-8-9-15-28-26(33)34-17-22-20-12-6-4-10-18(20)19-11-5-7-13-21(19)22/h4-7,10-13,22-23H,8-9,14-17H2,1-3H3,(H,28,33)(H,29,30)(H,31,32). The number of rotatable bonds is 10. The third-order valence-electron chi connectivity index (χ3n) is 5.89. The zero-order chi connectivity index (χ0) is 24.7. The van der Waals surface area contributed by atoms with Gasteiger partial charge in [-0.1, -0.05) is 69.3 Å². The minimum absolute atomic E-state index is 0.0112. The third kappa shape index (κ3) is 6.83. The van der Waals surface area contributed by atoms with E-state index in [1.165, 1.54) is 11.1 Å². The summed E-state index contributed by atoms with van der Waals surface area (Å²) in [6, 6.07) is 15.4. The second-order valence-electron chi connectivity index (χ2n) is 9.93. The van der Waals surface area contributed by atoms with Gasteiger partial charge in [0.25, 0.3) is 0 Å². The molecule has 0 saturated carbocycles. The Morgan fingerprint density at radius 1 is 0.971 bits per heavy atom. The Kier molecular flexibility index (Phi) is 8.31. The molecule has 7 nitrogen and oxygen atoms in total. The van der Waals surface area contributed by atoms with E-state index in [4.69, 9.17) is 4.74 Å². The lowest BCUT2D eigenvalue weighted by atomic mass is 9.88. The van der Waals surface area contributed by atoms with Crippen LogP contribution in [0, 0.1) is 5.41 Å². The van der Waals surface area contributed by atoms with Crippen molar-refractivity contribution in [2.24, 2.45) is 5.41 Å². The van der Waals surface area contributed by atoms with Gasteiger partial charge in [0.1, 0.15) is 12.6 Å². The topological polar surface area (TPSA) is 105 Å². The van der Waals surface area contributed by atoms with Crippen LogP contribution in [-0.4, -0.2) is 42.3 Å². The molecular formula is C27H34N2O5. The summed E-state index contributed by atoms with van der Waals surface area (Å²) in [6.45, 7) is 6.44. The van der Waals surface area contributed by atoms with Crippen LogP contribution in [0.2, 0.25) is 0 Å². The maximum absolute atomic E-state index is 12.2. The third-order valence-corrected chi connectivity index (χ3v) is 5.89. The van der Waals surface area contributed by atoms with Crippen molar-refractivity contribution in [1.29, 1.82) is 0 Å². The lowest BCUT2D eigenvalue weighted by Gasteiger charge is -2.24. The first kappa shape index (κ1) is 25.3. The second-order valence-corrected chi connectivity index (χ2v) is 9.93. The number of alkyl carbamates (subject to hydrolysis) is 1. The number of carbonyl (C=O) groups excluding carboxylic acids is 2. The summed E-state index contributed by atoms with van der Waals surface area (Å²) in [5.74, 6) is -1.31. The van der Waals surface area contributed by atoms with E-state index in [9.17, 15) is 19.5 Å². The SMILES string of the molecule is CC(C)(C)CC(NC(=O)CCCCNC(=O)OCC1c2ccccc2-c2ccccc21)C(=O)O. The van der Waals surface area contributed by atoms with E-state index < -0.39 is 18.1 Å². The smallest absolute Gasteiger partial charge is 0.407 e. The number of aliphatic carboxylic acids is 1. The molecule has 2 aromatic carbocycles. The summed E-state index contributed by atoms with van der Waals surface area (Å²) in [5, 5.41) is 14.6. The Balaban J connectivity index is 1.37. The summed E-state index contributed by atoms with van der Waals surface area (Å²) in [5.41, 5.74) is 4.47. The van der Waals surface area contributed by atoms with Gasteiger partial charge in [-0.3, -0.25) is 4.79 Å². The fourth-order valence-corrected chi connectivity index (χ4v) is 4.33. The Bertz CT molecular complexity index is 982. The molecule has 2 amide bonds. The van der Waals surface area contributed by atoms with Crippen LogP contribution < -0.4 is 10.6 Å². The summed E-state index contributed by atoms with van der Waals surface area (Å²) in [7, 11) is 0. The molecule has 0 aromatic heterocycles. The van der Waals surface area contributed by atoms with Crippen LogP contribution in [0.5, 0.6) is 0 Å². The Morgan fingerprint density at radius 3 is 2.12 bits per heavy atom. The van der Waals surface area contributed by atoms with Crippen molar-refractivity contribution < 1.29 is 24.2 Å². The zero-order valence-electron chi connectivity index (χ0n) is 20.1. The van der Waals surface area contributed by atoms with Gasteiger partial charge >= 0.3 is 12.1 Å². The number of hydrogen-bond acceptors (Lipinski definition) is 4. The maximum Gasteiger partial charge on any atom is 0.407 e. The molecule has 1 atom stereocenters. The van der Waals surface area contributed by atoms with Crippen molar-refractivity contribution in [3.05, 3.63) is 59.7 Å². The highest BCUT2D eigenvalue weighted by Gasteiger charge is 2.29. The van der Waals surface area contributed by atoms with Crippen molar-refractivity contribution >= 4 is 18.0 Å². The fraction of sp³-hybridized carbons (Fsp3) is 0.444. The van der Waals surface area contributed by atoms with Crippen molar-refractivity contribution in [2.45, 2.75) is 58.4 Å². The van der Waals surface area contributed by atoms with Crippen molar-refractivity contribution in [2.75, 3.05) is 13.2 Å². The van der Waals surface area contributed by atoms with Crippen LogP contribution in [0.25, 0.3) is 11.1 Å². The first-order valence-electron chi connectivity index (χ1n) is 11.8. The van der Waals surface area contributed by atoms with E-state index in [1.807, 2.05) is 45.0 Å². The number of carbonyl (C=O) groups is 3. The second kappa shape index (κ2) is 11.2. The van der Waals surface area contributed by atoms with Gasteiger partial charge in [-0.05, 0) is 46.9 Å². The van der Waals surface area contributed by atoms with E-state index in [0.717, 1.165) is 11.1 Å². The van der Waals surface area contributed by atoms with Crippen LogP contribution in [0.4, 0.5) is 4.79 Å². The van der Waals surface area contributed by atoms with E-state index in [0.29, 0.717) is 25.8 Å². The summed E-state index contributed by atoms with van der Waals surface area (Å²) < 4.78 is 5.50. The van der Waals surface area contributed by atoms with Gasteiger partial charge in [0.15, 0.2) is 0 Å². The Labute approximate surface area is 200 Å². The van der Waals surface area contributed by atoms with Crippen molar-refractivity contribution in [3.8, 4) is 11.1 Å². The number of carboxylic acids is 1. The molecule has 182 valence electrons. The molecule has 3 N–H and O–H groups in total. The summed E-state index contributed by atoms with van der Waals surface area (Å²) in [6.07, 6.45) is 1.21. The Hall–Kier alpha value is -3.35. The molecule has 0 aliphatic heterocycles. The van der Waals surface area contributed by atoms with E-state index in [2.05, 4.69) is 34.9 Å². The molecule has 0 spiro atoms. The van der Waals surface area contributed by atoms with Gasteiger partial charge in [-0.25, -0.2) is 9.59 Å². The van der Waals surface area contributed by atoms with Gasteiger partial charge in [-0.2, -0.15) is 0 Å². The predicted octanol–water partition coefficient (Wildman–Crippen LogP) is 4.70. The number of unbranched alkanes of at least 4 members (excludes halogenated alkanes) is 1. The average molecular weight is 467 g/mol. The molecule has 1 aliphatic rings. The molecule has 1 unspecified atom stereocenters. The quantitative estimate of drug-likeness (QED) is 0.440. The molecule has 0 fully saturated rings. The number of amides is 2. The minimum atomic E-state index is -1.03. The molecule has 0 radical (unpaired) electrons. The lowest BCUT2D eigenvalue weighted by molar-refractivity contribution is -0.142. The molecule has 2 aromatic rings. The van der Waals surface area contributed by atoms with Gasteiger partial charge < -0.3 is 20.5 Å². The summed E-state index contributed by atoms with van der Waals surface area (Å²) >= 11 is 0. The number of benzene rings is 2. The highest BCUT2D eigenvalue weighted by molar-refractivity contribution is 5.83. The molecule has 0 heterocycles. The fourth-order valence-electron chi connectivity index (χ4n) is 4.33. The maximum atomic E-state index is 12.2. The van der Waals surface area contributed by atoms with E-state index in [1.54, 1.807) is 0 Å². The number of fused-ring (bicyclic) bond motifs is 3. The summed E-state index contributed by atoms with van der Waals surface area (Å²) in [4.78, 5) is 35.7. The highest BCUT2D eigenvalue weighted by atomic mass is 16.5. The molecule has 3 rings (SSSR count). The Morgan fingerprint density at radius 2 is 1.56 bits per heavy atom. The minimum Gasteiger partial charge on any atom is -0.480 e. The van der Waals surface area contributed by atoms with Crippen LogP contribution in [-0.2, 0) is 14.3 Å². The molecule has 1 aliphatic carbocycles. The van der Waals surface area contributed by atoms with Crippen LogP contribution in [0.3, 0.4) is 0 Å². The lowest BCUT2D eigenvalue weighted by Crippen LogP contribution is -2.43. The number of hydrogen-bond donors (Lipinski definition) is 3. The van der Waals surface area contributed by atoms with E-state index >= 15 is 0 Å². The first-order chi connectivity index (χ1) is 16.2. The molecule has 7 heteroatoms. The molecule has 34 heavy (non-hydrogen) atoms. The number of carboxylic acid groups (broad SMARTS) is 1.